The molecule has 1 unspecified atom stereocenters. The highest BCUT2D eigenvalue weighted by atomic mass is 127. The van der Waals surface area contributed by atoms with Gasteiger partial charge in [0, 0.05) is 18.5 Å². The monoisotopic (exact) mass is 458 g/mol. The molecule has 0 radical (unpaired) electrons. The minimum absolute atomic E-state index is 0. The zero-order valence-electron chi connectivity index (χ0n) is 15.1. The van der Waals surface area contributed by atoms with Gasteiger partial charge < -0.3 is 20.7 Å². The molecule has 1 aromatic rings. The molecule has 3 rings (SSSR count). The van der Waals surface area contributed by atoms with Gasteiger partial charge in [0.05, 0.1) is 12.6 Å². The lowest BCUT2D eigenvalue weighted by molar-refractivity contribution is 0.188. The van der Waals surface area contributed by atoms with Crippen molar-refractivity contribution in [2.45, 2.75) is 38.6 Å². The minimum atomic E-state index is 0. The molecule has 0 bridgehead atoms. The Morgan fingerprint density at radius 3 is 2.80 bits per heavy atom. The van der Waals surface area contributed by atoms with E-state index >= 15 is 0 Å². The molecule has 2 aliphatic rings. The summed E-state index contributed by atoms with van der Waals surface area (Å²) in [4.78, 5) is 7.17. The van der Waals surface area contributed by atoms with Crippen LogP contribution in [0.15, 0.2) is 29.3 Å². The Morgan fingerprint density at radius 1 is 1.28 bits per heavy atom. The number of piperidine rings is 1. The SMILES string of the molecule is CCCN1CCC(CN=C(N)NC2CCOc3ccccc32)CC1.I. The molecule has 1 fully saturated rings. The van der Waals surface area contributed by atoms with Crippen LogP contribution in [0.5, 0.6) is 5.75 Å². The Morgan fingerprint density at radius 2 is 2.04 bits per heavy atom. The molecule has 1 aromatic carbocycles. The highest BCUT2D eigenvalue weighted by Gasteiger charge is 2.22. The van der Waals surface area contributed by atoms with Crippen molar-refractivity contribution >= 4 is 29.9 Å². The molecule has 1 saturated heterocycles. The first-order valence-corrected chi connectivity index (χ1v) is 9.26. The summed E-state index contributed by atoms with van der Waals surface area (Å²) in [6.07, 6.45) is 4.63. The van der Waals surface area contributed by atoms with Gasteiger partial charge in [-0.3, -0.25) is 4.99 Å². The number of ether oxygens (including phenoxy) is 1. The second kappa shape index (κ2) is 10.2. The molecule has 0 amide bonds. The number of guanidine groups is 1. The second-order valence-corrected chi connectivity index (χ2v) is 6.88. The first-order chi connectivity index (χ1) is 11.8. The number of nitrogens with zero attached hydrogens (tertiary/aromatic N) is 2. The predicted octanol–water partition coefficient (Wildman–Crippen LogP) is 3.15. The molecule has 0 saturated carbocycles. The third-order valence-electron chi connectivity index (χ3n) is 5.05. The first-order valence-electron chi connectivity index (χ1n) is 9.26. The lowest BCUT2D eigenvalue weighted by Crippen LogP contribution is -2.38. The summed E-state index contributed by atoms with van der Waals surface area (Å²) in [5, 5.41) is 3.38. The van der Waals surface area contributed by atoms with E-state index in [1.807, 2.05) is 18.2 Å². The lowest BCUT2D eigenvalue weighted by Gasteiger charge is -2.31. The average molecular weight is 458 g/mol. The fourth-order valence-electron chi connectivity index (χ4n) is 3.65. The van der Waals surface area contributed by atoms with Gasteiger partial charge >= 0.3 is 0 Å². The van der Waals surface area contributed by atoms with Crippen LogP contribution in [0.1, 0.15) is 44.2 Å². The van der Waals surface area contributed by atoms with Crippen LogP contribution in [0.2, 0.25) is 0 Å². The maximum absolute atomic E-state index is 6.14. The number of fused-ring (bicyclic) bond motifs is 1. The highest BCUT2D eigenvalue weighted by Crippen LogP contribution is 2.31. The Hall–Kier alpha value is -1.02. The largest absolute Gasteiger partial charge is 0.493 e. The quantitative estimate of drug-likeness (QED) is 0.404. The standard InChI is InChI=1S/C19H30N4O.HI/c1-2-10-23-11-7-15(8-12-23)14-21-19(20)22-17-9-13-24-18-6-4-3-5-16(17)18;/h3-6,15,17H,2,7-14H2,1H3,(H3,20,21,22);1H. The Bertz CT molecular complexity index is 558. The van der Waals surface area contributed by atoms with Crippen LogP contribution in [0, 0.1) is 5.92 Å². The average Bonchev–Trinajstić information content (AvgIpc) is 2.62. The van der Waals surface area contributed by atoms with E-state index in [0.717, 1.165) is 25.3 Å². The lowest BCUT2D eigenvalue weighted by atomic mass is 9.97. The van der Waals surface area contributed by atoms with E-state index < -0.39 is 0 Å². The summed E-state index contributed by atoms with van der Waals surface area (Å²) < 4.78 is 5.69. The van der Waals surface area contributed by atoms with E-state index in [1.165, 1.54) is 44.5 Å². The third-order valence-corrected chi connectivity index (χ3v) is 5.05. The van der Waals surface area contributed by atoms with Gasteiger partial charge in [-0.15, -0.1) is 24.0 Å². The van der Waals surface area contributed by atoms with Crippen molar-refractivity contribution in [3.05, 3.63) is 29.8 Å². The van der Waals surface area contributed by atoms with Gasteiger partial charge in [-0.1, -0.05) is 25.1 Å². The number of nitrogens with one attached hydrogen (secondary N) is 1. The number of para-hydroxylation sites is 1. The van der Waals surface area contributed by atoms with Gasteiger partial charge in [0.1, 0.15) is 5.75 Å². The summed E-state index contributed by atoms with van der Waals surface area (Å²) in [7, 11) is 0. The fraction of sp³-hybridized carbons (Fsp3) is 0.632. The van der Waals surface area contributed by atoms with E-state index in [0.29, 0.717) is 11.9 Å². The van der Waals surface area contributed by atoms with Crippen LogP contribution < -0.4 is 15.8 Å². The first kappa shape index (κ1) is 20.3. The summed E-state index contributed by atoms with van der Waals surface area (Å²) in [5.74, 6) is 2.19. The topological polar surface area (TPSA) is 62.9 Å². The van der Waals surface area contributed by atoms with Crippen LogP contribution in [-0.2, 0) is 0 Å². The number of hydrogen-bond donors (Lipinski definition) is 2. The van der Waals surface area contributed by atoms with Crippen LogP contribution in [-0.4, -0.2) is 43.6 Å². The van der Waals surface area contributed by atoms with Gasteiger partial charge in [0.15, 0.2) is 5.96 Å². The molecular formula is C19H31IN4O. The summed E-state index contributed by atoms with van der Waals surface area (Å²) in [6, 6.07) is 8.36. The number of benzene rings is 1. The van der Waals surface area contributed by atoms with Gasteiger partial charge in [-0.05, 0) is 50.9 Å². The smallest absolute Gasteiger partial charge is 0.189 e. The van der Waals surface area contributed by atoms with Crippen molar-refractivity contribution in [1.82, 2.24) is 10.2 Å². The maximum Gasteiger partial charge on any atom is 0.189 e. The zero-order valence-corrected chi connectivity index (χ0v) is 17.4. The van der Waals surface area contributed by atoms with Crippen molar-refractivity contribution < 1.29 is 4.74 Å². The van der Waals surface area contributed by atoms with Crippen LogP contribution in [0.25, 0.3) is 0 Å². The molecule has 0 aromatic heterocycles. The summed E-state index contributed by atoms with van der Waals surface area (Å²) in [5.41, 5.74) is 7.32. The van der Waals surface area contributed by atoms with Crippen molar-refractivity contribution in [2.75, 3.05) is 32.8 Å². The van der Waals surface area contributed by atoms with Gasteiger partial charge in [-0.2, -0.15) is 0 Å². The van der Waals surface area contributed by atoms with Crippen molar-refractivity contribution in [1.29, 1.82) is 0 Å². The van der Waals surface area contributed by atoms with E-state index in [9.17, 15) is 0 Å². The van der Waals surface area contributed by atoms with Crippen molar-refractivity contribution in [3.63, 3.8) is 0 Å². The minimum Gasteiger partial charge on any atom is -0.493 e. The number of hydrogen-bond acceptors (Lipinski definition) is 3. The summed E-state index contributed by atoms with van der Waals surface area (Å²) in [6.45, 7) is 7.44. The molecule has 1 atom stereocenters. The molecule has 5 nitrogen and oxygen atoms in total. The van der Waals surface area contributed by atoms with E-state index in [-0.39, 0.29) is 30.0 Å². The predicted molar refractivity (Wildman–Crippen MR) is 114 cm³/mol. The van der Waals surface area contributed by atoms with Gasteiger partial charge in [0.25, 0.3) is 0 Å². The second-order valence-electron chi connectivity index (χ2n) is 6.88. The molecule has 3 N–H and O–H groups in total. The normalized spacial score (nSPS) is 21.8. The number of rotatable bonds is 5. The molecule has 0 spiro atoms. The highest BCUT2D eigenvalue weighted by molar-refractivity contribution is 14.0. The molecule has 0 aliphatic carbocycles. The maximum atomic E-state index is 6.14. The number of likely N-dealkylation sites (tertiary alicyclic amines) is 1. The van der Waals surface area contributed by atoms with E-state index in [4.69, 9.17) is 10.5 Å². The number of aliphatic imine (C=N–C) groups is 1. The third kappa shape index (κ3) is 5.74. The Labute approximate surface area is 168 Å². The van der Waals surface area contributed by atoms with Gasteiger partial charge in [0.2, 0.25) is 0 Å². The van der Waals surface area contributed by atoms with Crippen LogP contribution in [0.4, 0.5) is 0 Å². The zero-order chi connectivity index (χ0) is 16.8. The number of halogens is 1. The van der Waals surface area contributed by atoms with Crippen molar-refractivity contribution in [2.24, 2.45) is 16.6 Å². The molecule has 2 aliphatic heterocycles. The van der Waals surface area contributed by atoms with E-state index in [2.05, 4.69) is 28.2 Å². The van der Waals surface area contributed by atoms with Crippen LogP contribution >= 0.6 is 24.0 Å². The fourth-order valence-corrected chi connectivity index (χ4v) is 3.65. The van der Waals surface area contributed by atoms with Crippen LogP contribution in [0.3, 0.4) is 0 Å². The van der Waals surface area contributed by atoms with Crippen molar-refractivity contribution in [3.8, 4) is 5.75 Å². The Balaban J connectivity index is 0.00000225. The summed E-state index contributed by atoms with van der Waals surface area (Å²) >= 11 is 0. The molecule has 2 heterocycles. The molecular weight excluding hydrogens is 427 g/mol. The van der Waals surface area contributed by atoms with Gasteiger partial charge in [-0.25, -0.2) is 0 Å². The molecule has 140 valence electrons. The Kier molecular flexibility index (Phi) is 8.29. The number of nitrogens with two attached hydrogens (primary N) is 1. The molecule has 6 heteroatoms. The molecule has 25 heavy (non-hydrogen) atoms. The van der Waals surface area contributed by atoms with E-state index in [1.54, 1.807) is 0 Å².